The van der Waals surface area contributed by atoms with Gasteiger partial charge in [-0.3, -0.25) is 4.79 Å². The van der Waals surface area contributed by atoms with Crippen molar-refractivity contribution < 1.29 is 9.18 Å². The summed E-state index contributed by atoms with van der Waals surface area (Å²) in [5, 5.41) is 2.00. The zero-order valence-electron chi connectivity index (χ0n) is 10.5. The number of amides is 1. The van der Waals surface area contributed by atoms with Crippen LogP contribution >= 0.6 is 23.1 Å². The molecule has 0 aliphatic rings. The van der Waals surface area contributed by atoms with Crippen molar-refractivity contribution in [3.05, 3.63) is 52.5 Å². The Morgan fingerprint density at radius 1 is 1.32 bits per heavy atom. The molecular weight excluding hydrogens is 281 g/mol. The van der Waals surface area contributed by atoms with Crippen LogP contribution in [-0.4, -0.2) is 23.6 Å². The number of carbonyl (C=O) groups is 1. The van der Waals surface area contributed by atoms with E-state index in [0.717, 1.165) is 4.90 Å². The number of halogens is 1. The van der Waals surface area contributed by atoms with Crippen LogP contribution in [-0.2, 0) is 11.3 Å². The summed E-state index contributed by atoms with van der Waals surface area (Å²) in [7, 11) is 1.80. The molecule has 0 aliphatic carbocycles. The Morgan fingerprint density at radius 3 is 2.68 bits per heavy atom. The molecule has 100 valence electrons. The van der Waals surface area contributed by atoms with Crippen molar-refractivity contribution in [1.82, 2.24) is 4.90 Å². The number of thioether (sulfide) groups is 1. The van der Waals surface area contributed by atoms with Crippen molar-refractivity contribution in [3.63, 3.8) is 0 Å². The summed E-state index contributed by atoms with van der Waals surface area (Å²) in [5.41, 5.74) is 0. The van der Waals surface area contributed by atoms with Gasteiger partial charge >= 0.3 is 0 Å². The van der Waals surface area contributed by atoms with E-state index >= 15 is 0 Å². The molecule has 0 saturated carbocycles. The molecule has 2 aromatic rings. The quantitative estimate of drug-likeness (QED) is 0.785. The Labute approximate surface area is 120 Å². The van der Waals surface area contributed by atoms with Gasteiger partial charge in [-0.15, -0.1) is 23.1 Å². The van der Waals surface area contributed by atoms with Crippen LogP contribution in [0, 0.1) is 5.82 Å². The van der Waals surface area contributed by atoms with E-state index < -0.39 is 0 Å². The molecule has 19 heavy (non-hydrogen) atoms. The molecule has 5 heteroatoms. The maximum Gasteiger partial charge on any atom is 0.233 e. The number of thiophene rings is 1. The summed E-state index contributed by atoms with van der Waals surface area (Å²) in [6.45, 7) is 0.639. The van der Waals surface area contributed by atoms with Crippen LogP contribution in [0.4, 0.5) is 4.39 Å². The SMILES string of the molecule is CN(Cc1cccs1)C(=O)CSc1ccc(F)cc1. The number of hydrogen-bond donors (Lipinski definition) is 0. The molecule has 2 rings (SSSR count). The highest BCUT2D eigenvalue weighted by atomic mass is 32.2. The average Bonchev–Trinajstić information content (AvgIpc) is 2.90. The summed E-state index contributed by atoms with van der Waals surface area (Å²) < 4.78 is 12.7. The number of carbonyl (C=O) groups excluding carboxylic acids is 1. The molecule has 1 amide bonds. The van der Waals surface area contributed by atoms with Gasteiger partial charge in [0.15, 0.2) is 0 Å². The number of rotatable bonds is 5. The second-order valence-corrected chi connectivity index (χ2v) is 6.15. The fraction of sp³-hybridized carbons (Fsp3) is 0.214. The summed E-state index contributed by atoms with van der Waals surface area (Å²) in [6, 6.07) is 10.2. The maximum absolute atomic E-state index is 12.7. The smallest absolute Gasteiger partial charge is 0.233 e. The molecule has 1 heterocycles. The van der Waals surface area contributed by atoms with Crippen LogP contribution in [0.2, 0.25) is 0 Å². The first-order valence-electron chi connectivity index (χ1n) is 5.80. The lowest BCUT2D eigenvalue weighted by Crippen LogP contribution is -2.27. The largest absolute Gasteiger partial charge is 0.340 e. The first-order chi connectivity index (χ1) is 9.15. The van der Waals surface area contributed by atoms with Gasteiger partial charge in [-0.2, -0.15) is 0 Å². The third-order valence-corrected chi connectivity index (χ3v) is 4.43. The third-order valence-electron chi connectivity index (χ3n) is 2.57. The van der Waals surface area contributed by atoms with Gasteiger partial charge < -0.3 is 4.90 Å². The van der Waals surface area contributed by atoms with Crippen LogP contribution in [0.5, 0.6) is 0 Å². The lowest BCUT2D eigenvalue weighted by Gasteiger charge is -2.15. The lowest BCUT2D eigenvalue weighted by molar-refractivity contribution is -0.127. The minimum atomic E-state index is -0.259. The predicted octanol–water partition coefficient (Wildman–Crippen LogP) is 3.64. The normalized spacial score (nSPS) is 10.4. The van der Waals surface area contributed by atoms with Gasteiger partial charge in [-0.05, 0) is 35.7 Å². The fourth-order valence-corrected chi connectivity index (χ4v) is 3.11. The molecule has 1 aromatic heterocycles. The number of nitrogens with zero attached hydrogens (tertiary/aromatic N) is 1. The van der Waals surface area contributed by atoms with Gasteiger partial charge in [0.2, 0.25) is 5.91 Å². The minimum absolute atomic E-state index is 0.0720. The summed E-state index contributed by atoms with van der Waals surface area (Å²) in [6.07, 6.45) is 0. The van der Waals surface area contributed by atoms with Crippen LogP contribution in [0.1, 0.15) is 4.88 Å². The van der Waals surface area contributed by atoms with Crippen molar-refractivity contribution in [2.75, 3.05) is 12.8 Å². The highest BCUT2D eigenvalue weighted by molar-refractivity contribution is 8.00. The highest BCUT2D eigenvalue weighted by Crippen LogP contribution is 2.19. The summed E-state index contributed by atoms with van der Waals surface area (Å²) >= 11 is 3.07. The molecule has 2 nitrogen and oxygen atoms in total. The molecule has 0 N–H and O–H groups in total. The second kappa shape index (κ2) is 6.73. The van der Waals surface area contributed by atoms with E-state index in [1.165, 1.54) is 28.8 Å². The monoisotopic (exact) mass is 295 g/mol. The third kappa shape index (κ3) is 4.36. The predicted molar refractivity (Wildman–Crippen MR) is 77.9 cm³/mol. The Kier molecular flexibility index (Phi) is 4.99. The van der Waals surface area contributed by atoms with Gasteiger partial charge in [-0.25, -0.2) is 4.39 Å². The van der Waals surface area contributed by atoms with Crippen LogP contribution in [0.25, 0.3) is 0 Å². The molecule has 0 spiro atoms. The van der Waals surface area contributed by atoms with Crippen molar-refractivity contribution in [1.29, 1.82) is 0 Å². The average molecular weight is 295 g/mol. The molecule has 0 aliphatic heterocycles. The summed E-state index contributed by atoms with van der Waals surface area (Å²) in [4.78, 5) is 15.7. The van der Waals surface area contributed by atoms with E-state index in [9.17, 15) is 9.18 Å². The summed E-state index contributed by atoms with van der Waals surface area (Å²) in [5.74, 6) is 0.182. The van der Waals surface area contributed by atoms with Crippen LogP contribution < -0.4 is 0 Å². The zero-order valence-corrected chi connectivity index (χ0v) is 12.1. The van der Waals surface area contributed by atoms with E-state index in [0.29, 0.717) is 12.3 Å². The van der Waals surface area contributed by atoms with E-state index in [1.807, 2.05) is 17.5 Å². The molecule has 1 aromatic carbocycles. The maximum atomic E-state index is 12.7. The van der Waals surface area contributed by atoms with Gasteiger partial charge in [0.25, 0.3) is 0 Å². The Balaban J connectivity index is 1.82. The Morgan fingerprint density at radius 2 is 2.05 bits per heavy atom. The van der Waals surface area contributed by atoms with E-state index in [4.69, 9.17) is 0 Å². The first-order valence-corrected chi connectivity index (χ1v) is 7.66. The minimum Gasteiger partial charge on any atom is -0.340 e. The molecule has 0 fully saturated rings. The van der Waals surface area contributed by atoms with Gasteiger partial charge in [0, 0.05) is 16.8 Å². The second-order valence-electron chi connectivity index (χ2n) is 4.07. The van der Waals surface area contributed by atoms with Crippen LogP contribution in [0.15, 0.2) is 46.7 Å². The van der Waals surface area contributed by atoms with Crippen LogP contribution in [0.3, 0.4) is 0 Å². The standard InChI is InChI=1S/C14H14FNOS2/c1-16(9-13-3-2-8-18-13)14(17)10-19-12-6-4-11(15)5-7-12/h2-8H,9-10H2,1H3. The van der Waals surface area contributed by atoms with Crippen molar-refractivity contribution >= 4 is 29.0 Å². The zero-order chi connectivity index (χ0) is 13.7. The van der Waals surface area contributed by atoms with E-state index in [-0.39, 0.29) is 11.7 Å². The number of hydrogen-bond acceptors (Lipinski definition) is 3. The topological polar surface area (TPSA) is 20.3 Å². The van der Waals surface area contributed by atoms with E-state index in [1.54, 1.807) is 35.4 Å². The molecule has 0 atom stereocenters. The Hall–Kier alpha value is -1.33. The fourth-order valence-electron chi connectivity index (χ4n) is 1.51. The lowest BCUT2D eigenvalue weighted by atomic mass is 10.4. The van der Waals surface area contributed by atoms with Crippen molar-refractivity contribution in [3.8, 4) is 0 Å². The van der Waals surface area contributed by atoms with Gasteiger partial charge in [-0.1, -0.05) is 6.07 Å². The molecule has 0 saturated heterocycles. The van der Waals surface area contributed by atoms with Crippen molar-refractivity contribution in [2.45, 2.75) is 11.4 Å². The van der Waals surface area contributed by atoms with Crippen molar-refractivity contribution in [2.24, 2.45) is 0 Å². The van der Waals surface area contributed by atoms with Gasteiger partial charge in [0.05, 0.1) is 12.3 Å². The molecule has 0 unspecified atom stereocenters. The molecule has 0 bridgehead atoms. The molecule has 0 radical (unpaired) electrons. The highest BCUT2D eigenvalue weighted by Gasteiger charge is 2.10. The van der Waals surface area contributed by atoms with Gasteiger partial charge in [0.1, 0.15) is 5.82 Å². The Bertz CT molecular complexity index is 525. The first kappa shape index (κ1) is 14.1. The number of benzene rings is 1. The van der Waals surface area contributed by atoms with E-state index in [2.05, 4.69) is 0 Å². The molecular formula is C14H14FNOS2.